The number of carboxylic acid groups (broad SMARTS) is 2. The van der Waals surface area contributed by atoms with Crippen molar-refractivity contribution >= 4 is 11.9 Å². The molecule has 2 heterocycles. The van der Waals surface area contributed by atoms with Crippen LogP contribution in [0.3, 0.4) is 0 Å². The molecule has 0 saturated carbocycles. The maximum absolute atomic E-state index is 9.55. The lowest BCUT2D eigenvalue weighted by Crippen LogP contribution is -2.46. The molecule has 0 aliphatic carbocycles. The number of rotatable bonds is 4. The maximum Gasteiger partial charge on any atom is 0.328 e. The van der Waals surface area contributed by atoms with Crippen LogP contribution in [0.1, 0.15) is 43.7 Å². The summed E-state index contributed by atoms with van der Waals surface area (Å²) >= 11 is 0. The van der Waals surface area contributed by atoms with Gasteiger partial charge in [-0.1, -0.05) is 37.6 Å². The summed E-state index contributed by atoms with van der Waals surface area (Å²) in [4.78, 5) is 21.9. The van der Waals surface area contributed by atoms with Crippen molar-refractivity contribution in [2.75, 3.05) is 13.1 Å². The molecule has 1 atom stereocenters. The Morgan fingerprint density at radius 2 is 1.83 bits per heavy atom. The fourth-order valence-electron chi connectivity index (χ4n) is 3.99. The first kappa shape index (κ1) is 18.2. The van der Waals surface area contributed by atoms with Gasteiger partial charge in [-0.25, -0.2) is 9.59 Å². The number of nitrogens with zero attached hydrogens (tertiary/aromatic N) is 1. The standard InChI is InChI=1S/C15H21N.C4H4O4/c1-2-9-15-10-5-11-16(15)12-8-13-6-3-4-7-14(13)15;5-3(6)1-2-4(7)8/h3-4,6-7H,2,5,8-12H2,1H3;1-2H,(H,5,6)(H,7,8)/b;2-1+. The van der Waals surface area contributed by atoms with Gasteiger partial charge in [0.05, 0.1) is 0 Å². The van der Waals surface area contributed by atoms with Gasteiger partial charge >= 0.3 is 11.9 Å². The summed E-state index contributed by atoms with van der Waals surface area (Å²) in [6.45, 7) is 4.91. The van der Waals surface area contributed by atoms with Gasteiger partial charge in [0.25, 0.3) is 0 Å². The molecular weight excluding hydrogens is 306 g/mol. The van der Waals surface area contributed by atoms with Crippen LogP contribution in [0.5, 0.6) is 0 Å². The minimum Gasteiger partial charge on any atom is -0.478 e. The molecule has 0 aromatic heterocycles. The quantitative estimate of drug-likeness (QED) is 0.829. The maximum atomic E-state index is 9.55. The smallest absolute Gasteiger partial charge is 0.328 e. The highest BCUT2D eigenvalue weighted by atomic mass is 16.4. The largest absolute Gasteiger partial charge is 0.478 e. The first-order chi connectivity index (χ1) is 11.5. The van der Waals surface area contributed by atoms with Crippen molar-refractivity contribution in [1.29, 1.82) is 0 Å². The van der Waals surface area contributed by atoms with Gasteiger partial charge in [0, 0.05) is 24.2 Å². The van der Waals surface area contributed by atoms with Crippen molar-refractivity contribution in [3.05, 3.63) is 47.5 Å². The summed E-state index contributed by atoms with van der Waals surface area (Å²) < 4.78 is 0. The Morgan fingerprint density at radius 3 is 2.46 bits per heavy atom. The topological polar surface area (TPSA) is 77.8 Å². The van der Waals surface area contributed by atoms with E-state index in [1.807, 2.05) is 0 Å². The first-order valence-corrected chi connectivity index (χ1v) is 8.47. The highest BCUT2D eigenvalue weighted by Crippen LogP contribution is 2.46. The molecule has 2 N–H and O–H groups in total. The Hall–Kier alpha value is -2.14. The van der Waals surface area contributed by atoms with Crippen molar-refractivity contribution in [1.82, 2.24) is 4.90 Å². The number of carbonyl (C=O) groups is 2. The summed E-state index contributed by atoms with van der Waals surface area (Å²) in [5, 5.41) is 15.6. The number of hydrogen-bond donors (Lipinski definition) is 2. The van der Waals surface area contributed by atoms with Gasteiger partial charge in [0.2, 0.25) is 0 Å². The van der Waals surface area contributed by atoms with Gasteiger partial charge in [-0.05, 0) is 43.4 Å². The Labute approximate surface area is 142 Å². The third-order valence-electron chi connectivity index (χ3n) is 4.83. The Kier molecular flexibility index (Phi) is 6.15. The monoisotopic (exact) mass is 331 g/mol. The lowest BCUT2D eigenvalue weighted by Gasteiger charge is -2.44. The average Bonchev–Trinajstić information content (AvgIpc) is 2.98. The Morgan fingerprint density at radius 1 is 1.17 bits per heavy atom. The molecular formula is C19H25NO4. The van der Waals surface area contributed by atoms with Crippen LogP contribution < -0.4 is 0 Å². The third kappa shape index (κ3) is 4.03. The van der Waals surface area contributed by atoms with Gasteiger partial charge in [-0.15, -0.1) is 0 Å². The number of fused-ring (bicyclic) bond motifs is 3. The van der Waals surface area contributed by atoms with E-state index in [4.69, 9.17) is 10.2 Å². The van der Waals surface area contributed by atoms with Gasteiger partial charge in [-0.2, -0.15) is 0 Å². The number of benzene rings is 1. The highest BCUT2D eigenvalue weighted by Gasteiger charge is 2.44. The van der Waals surface area contributed by atoms with E-state index in [0.29, 0.717) is 17.7 Å². The van der Waals surface area contributed by atoms with E-state index in [1.54, 1.807) is 11.1 Å². The van der Waals surface area contributed by atoms with Crippen LogP contribution in [0.2, 0.25) is 0 Å². The van der Waals surface area contributed by atoms with Crippen LogP contribution in [0.15, 0.2) is 36.4 Å². The molecule has 0 radical (unpaired) electrons. The van der Waals surface area contributed by atoms with Crippen molar-refractivity contribution in [2.45, 2.75) is 44.6 Å². The zero-order valence-electron chi connectivity index (χ0n) is 14.1. The molecule has 0 amide bonds. The Balaban J connectivity index is 0.000000224. The first-order valence-electron chi connectivity index (χ1n) is 8.47. The molecule has 1 fully saturated rings. The zero-order chi connectivity index (χ0) is 17.6. The van der Waals surface area contributed by atoms with Crippen LogP contribution in [0.4, 0.5) is 0 Å². The van der Waals surface area contributed by atoms with E-state index < -0.39 is 11.9 Å². The predicted molar refractivity (Wildman–Crippen MR) is 92.0 cm³/mol. The van der Waals surface area contributed by atoms with Crippen LogP contribution in [0, 0.1) is 0 Å². The number of aliphatic carboxylic acids is 2. The molecule has 1 unspecified atom stereocenters. The van der Waals surface area contributed by atoms with Gasteiger partial charge < -0.3 is 10.2 Å². The molecule has 1 saturated heterocycles. The van der Waals surface area contributed by atoms with Crippen molar-refractivity contribution < 1.29 is 19.8 Å². The molecule has 1 aromatic carbocycles. The zero-order valence-corrected chi connectivity index (χ0v) is 14.1. The van der Waals surface area contributed by atoms with Crippen molar-refractivity contribution in [3.8, 4) is 0 Å². The van der Waals surface area contributed by atoms with Gasteiger partial charge in [0.15, 0.2) is 0 Å². The second-order valence-corrected chi connectivity index (χ2v) is 6.29. The molecule has 130 valence electrons. The van der Waals surface area contributed by atoms with Crippen LogP contribution in [0.25, 0.3) is 0 Å². The second kappa shape index (κ2) is 8.11. The minimum absolute atomic E-state index is 0.406. The number of hydrogen-bond acceptors (Lipinski definition) is 3. The summed E-state index contributed by atoms with van der Waals surface area (Å²) in [5.74, 6) is -2.51. The molecule has 2 aliphatic rings. The molecule has 5 heteroatoms. The summed E-state index contributed by atoms with van der Waals surface area (Å²) in [5.41, 5.74) is 3.65. The summed E-state index contributed by atoms with van der Waals surface area (Å²) in [6, 6.07) is 9.13. The molecule has 5 nitrogen and oxygen atoms in total. The highest BCUT2D eigenvalue weighted by molar-refractivity contribution is 5.89. The second-order valence-electron chi connectivity index (χ2n) is 6.29. The summed E-state index contributed by atoms with van der Waals surface area (Å²) in [7, 11) is 0. The molecule has 24 heavy (non-hydrogen) atoms. The van der Waals surface area contributed by atoms with Crippen LogP contribution in [-0.2, 0) is 21.5 Å². The lowest BCUT2D eigenvalue weighted by atomic mass is 9.77. The van der Waals surface area contributed by atoms with Crippen LogP contribution >= 0.6 is 0 Å². The van der Waals surface area contributed by atoms with Crippen molar-refractivity contribution in [3.63, 3.8) is 0 Å². The lowest BCUT2D eigenvalue weighted by molar-refractivity contribution is -0.134. The third-order valence-corrected chi connectivity index (χ3v) is 4.83. The fraction of sp³-hybridized carbons (Fsp3) is 0.474. The molecule has 2 aliphatic heterocycles. The normalized spacial score (nSPS) is 22.4. The van der Waals surface area contributed by atoms with E-state index in [2.05, 4.69) is 36.1 Å². The van der Waals surface area contributed by atoms with E-state index in [-0.39, 0.29) is 0 Å². The predicted octanol–water partition coefficient (Wildman–Crippen LogP) is 3.05. The van der Waals surface area contributed by atoms with Crippen molar-refractivity contribution in [2.24, 2.45) is 0 Å². The van der Waals surface area contributed by atoms with E-state index in [0.717, 1.165) is 0 Å². The fourth-order valence-corrected chi connectivity index (χ4v) is 3.99. The Bertz CT molecular complexity index is 610. The average molecular weight is 331 g/mol. The molecule has 3 rings (SSSR count). The molecule has 1 aromatic rings. The number of carboxylic acids is 2. The van der Waals surface area contributed by atoms with Gasteiger partial charge in [-0.3, -0.25) is 4.90 Å². The van der Waals surface area contributed by atoms with E-state index in [9.17, 15) is 9.59 Å². The molecule has 0 spiro atoms. The van der Waals surface area contributed by atoms with E-state index in [1.165, 1.54) is 45.2 Å². The van der Waals surface area contributed by atoms with Crippen LogP contribution in [-0.4, -0.2) is 40.1 Å². The minimum atomic E-state index is -1.26. The SMILES string of the molecule is CCCC12CCCN1CCc1ccccc12.O=C(O)/C=C/C(=O)O. The van der Waals surface area contributed by atoms with Gasteiger partial charge in [0.1, 0.15) is 0 Å². The van der Waals surface area contributed by atoms with E-state index >= 15 is 0 Å². The summed E-state index contributed by atoms with van der Waals surface area (Å²) in [6.07, 6.45) is 7.76. The molecule has 0 bridgehead atoms.